The Labute approximate surface area is 104 Å². The molecule has 0 spiro atoms. The van der Waals surface area contributed by atoms with Gasteiger partial charge in [-0.2, -0.15) is 11.8 Å². The van der Waals surface area contributed by atoms with E-state index in [2.05, 4.69) is 35.1 Å². The zero-order valence-electron chi connectivity index (χ0n) is 10.8. The van der Waals surface area contributed by atoms with Crippen LogP contribution in [0.4, 0.5) is 0 Å². The van der Waals surface area contributed by atoms with Crippen LogP contribution in [0.15, 0.2) is 17.6 Å². The largest absolute Gasteiger partial charge is 0.356 e. The van der Waals surface area contributed by atoms with Crippen LogP contribution in [-0.4, -0.2) is 50.1 Å². The molecule has 0 rings (SSSR count). The highest BCUT2D eigenvalue weighted by molar-refractivity contribution is 7.98. The first-order chi connectivity index (χ1) is 7.76. The van der Waals surface area contributed by atoms with E-state index >= 15 is 0 Å². The molecule has 0 aliphatic carbocycles. The highest BCUT2D eigenvalue weighted by atomic mass is 32.2. The number of allylic oxidation sites excluding steroid dienone is 1. The van der Waals surface area contributed by atoms with Crippen LogP contribution in [0.25, 0.3) is 0 Å². The molecule has 94 valence electrons. The van der Waals surface area contributed by atoms with Gasteiger partial charge in [0.05, 0.1) is 0 Å². The maximum atomic E-state index is 4.26. The Hall–Kier alpha value is -0.640. The first-order valence-corrected chi connectivity index (χ1v) is 7.17. The van der Waals surface area contributed by atoms with Crippen molar-refractivity contribution in [3.8, 4) is 0 Å². The van der Waals surface area contributed by atoms with Gasteiger partial charge in [0.25, 0.3) is 0 Å². The molecule has 4 heteroatoms. The Morgan fingerprint density at radius 2 is 2.25 bits per heavy atom. The van der Waals surface area contributed by atoms with Gasteiger partial charge in [-0.05, 0) is 31.3 Å². The molecule has 3 nitrogen and oxygen atoms in total. The minimum atomic E-state index is 0.991. The number of nitrogens with one attached hydrogen (secondary N) is 1. The molecule has 0 bridgehead atoms. The average Bonchev–Trinajstić information content (AvgIpc) is 2.29. The van der Waals surface area contributed by atoms with E-state index in [1.54, 1.807) is 0 Å². The summed E-state index contributed by atoms with van der Waals surface area (Å²) in [6.07, 6.45) is 7.47. The fourth-order valence-electron chi connectivity index (χ4n) is 1.38. The Bertz CT molecular complexity index is 204. The van der Waals surface area contributed by atoms with Crippen molar-refractivity contribution in [2.24, 2.45) is 4.99 Å². The number of thioether (sulfide) groups is 1. The van der Waals surface area contributed by atoms with E-state index in [0.717, 1.165) is 31.9 Å². The lowest BCUT2D eigenvalue weighted by Crippen LogP contribution is -2.39. The molecule has 0 atom stereocenters. The molecular weight excluding hydrogens is 218 g/mol. The lowest BCUT2D eigenvalue weighted by molar-refractivity contribution is 0.470. The quantitative estimate of drug-likeness (QED) is 0.306. The maximum Gasteiger partial charge on any atom is 0.193 e. The summed E-state index contributed by atoms with van der Waals surface area (Å²) in [5, 5.41) is 3.37. The standard InChI is InChI=1S/C12H25N3S/c1-5-6-7-10-15(3)12(13-2)14-9-8-11-16-4/h5H,1,6-11H2,2-4H3,(H,13,14). The van der Waals surface area contributed by atoms with Crippen LogP contribution in [0.3, 0.4) is 0 Å². The van der Waals surface area contributed by atoms with Crippen molar-refractivity contribution in [3.63, 3.8) is 0 Å². The van der Waals surface area contributed by atoms with E-state index in [9.17, 15) is 0 Å². The molecule has 0 unspecified atom stereocenters. The van der Waals surface area contributed by atoms with Crippen molar-refractivity contribution < 1.29 is 0 Å². The molecule has 1 N–H and O–H groups in total. The van der Waals surface area contributed by atoms with Gasteiger partial charge in [0, 0.05) is 27.2 Å². The molecular formula is C12H25N3S. The van der Waals surface area contributed by atoms with Gasteiger partial charge < -0.3 is 10.2 Å². The van der Waals surface area contributed by atoms with Gasteiger partial charge in [-0.1, -0.05) is 6.08 Å². The van der Waals surface area contributed by atoms with Crippen molar-refractivity contribution in [1.82, 2.24) is 10.2 Å². The van der Waals surface area contributed by atoms with Crippen molar-refractivity contribution in [2.45, 2.75) is 19.3 Å². The van der Waals surface area contributed by atoms with Crippen LogP contribution in [0.5, 0.6) is 0 Å². The summed E-state index contributed by atoms with van der Waals surface area (Å²) in [5.41, 5.74) is 0. The van der Waals surface area contributed by atoms with Gasteiger partial charge in [0.2, 0.25) is 0 Å². The summed E-state index contributed by atoms with van der Waals surface area (Å²) >= 11 is 1.88. The number of guanidine groups is 1. The van der Waals surface area contributed by atoms with Crippen LogP contribution >= 0.6 is 11.8 Å². The van der Waals surface area contributed by atoms with Gasteiger partial charge >= 0.3 is 0 Å². The van der Waals surface area contributed by atoms with E-state index in [4.69, 9.17) is 0 Å². The number of aliphatic imine (C=N–C) groups is 1. The number of hydrogen-bond acceptors (Lipinski definition) is 2. The molecule has 0 aromatic heterocycles. The SMILES string of the molecule is C=CCCCN(C)C(=NC)NCCCSC. The molecule has 0 fully saturated rings. The van der Waals surface area contributed by atoms with Gasteiger partial charge in [-0.25, -0.2) is 0 Å². The minimum Gasteiger partial charge on any atom is -0.356 e. The van der Waals surface area contributed by atoms with E-state index in [-0.39, 0.29) is 0 Å². The second-order valence-electron chi connectivity index (χ2n) is 3.67. The van der Waals surface area contributed by atoms with Gasteiger partial charge in [-0.3, -0.25) is 4.99 Å². The van der Waals surface area contributed by atoms with Crippen LogP contribution in [0.1, 0.15) is 19.3 Å². The molecule has 0 saturated heterocycles. The number of hydrogen-bond donors (Lipinski definition) is 1. The highest BCUT2D eigenvalue weighted by Crippen LogP contribution is 1.96. The summed E-state index contributed by atoms with van der Waals surface area (Å²) in [7, 11) is 3.91. The summed E-state index contributed by atoms with van der Waals surface area (Å²) in [5.74, 6) is 2.19. The monoisotopic (exact) mass is 243 g/mol. The summed E-state index contributed by atoms with van der Waals surface area (Å²) < 4.78 is 0. The predicted octanol–water partition coefficient (Wildman–Crippen LogP) is 2.21. The number of rotatable bonds is 8. The number of unbranched alkanes of at least 4 members (excludes halogenated alkanes) is 1. The van der Waals surface area contributed by atoms with E-state index in [1.165, 1.54) is 12.2 Å². The van der Waals surface area contributed by atoms with Crippen molar-refractivity contribution in [1.29, 1.82) is 0 Å². The van der Waals surface area contributed by atoms with Crippen molar-refractivity contribution in [3.05, 3.63) is 12.7 Å². The van der Waals surface area contributed by atoms with Crippen LogP contribution < -0.4 is 5.32 Å². The topological polar surface area (TPSA) is 27.6 Å². The first-order valence-electron chi connectivity index (χ1n) is 5.77. The van der Waals surface area contributed by atoms with Crippen LogP contribution in [0.2, 0.25) is 0 Å². The second-order valence-corrected chi connectivity index (χ2v) is 4.66. The first kappa shape index (κ1) is 15.4. The fourth-order valence-corrected chi connectivity index (χ4v) is 1.81. The number of nitrogens with zero attached hydrogens (tertiary/aromatic N) is 2. The molecule has 0 amide bonds. The molecule has 16 heavy (non-hydrogen) atoms. The molecule has 0 heterocycles. The third kappa shape index (κ3) is 7.63. The van der Waals surface area contributed by atoms with Gasteiger partial charge in [0.15, 0.2) is 5.96 Å². The van der Waals surface area contributed by atoms with E-state index in [0.29, 0.717) is 0 Å². The Morgan fingerprint density at radius 1 is 1.50 bits per heavy atom. The minimum absolute atomic E-state index is 0.991. The summed E-state index contributed by atoms with van der Waals surface area (Å²) in [4.78, 5) is 6.43. The molecule has 0 aliphatic rings. The maximum absolute atomic E-state index is 4.26. The Balaban J connectivity index is 3.75. The molecule has 0 radical (unpaired) electrons. The Morgan fingerprint density at radius 3 is 2.81 bits per heavy atom. The third-order valence-corrected chi connectivity index (χ3v) is 2.98. The zero-order valence-corrected chi connectivity index (χ0v) is 11.6. The summed E-state index contributed by atoms with van der Waals surface area (Å²) in [6.45, 7) is 5.75. The molecule has 0 saturated carbocycles. The van der Waals surface area contributed by atoms with Crippen molar-refractivity contribution >= 4 is 17.7 Å². The zero-order chi connectivity index (χ0) is 12.2. The van der Waals surface area contributed by atoms with Crippen LogP contribution in [0, 0.1) is 0 Å². The van der Waals surface area contributed by atoms with Gasteiger partial charge in [0.1, 0.15) is 0 Å². The smallest absolute Gasteiger partial charge is 0.193 e. The average molecular weight is 243 g/mol. The fraction of sp³-hybridized carbons (Fsp3) is 0.750. The lowest BCUT2D eigenvalue weighted by Gasteiger charge is -2.21. The van der Waals surface area contributed by atoms with Crippen LogP contribution in [-0.2, 0) is 0 Å². The normalized spacial score (nSPS) is 11.3. The van der Waals surface area contributed by atoms with E-state index in [1.807, 2.05) is 24.9 Å². The molecule has 0 aromatic carbocycles. The lowest BCUT2D eigenvalue weighted by atomic mass is 10.3. The van der Waals surface area contributed by atoms with Crippen molar-refractivity contribution in [2.75, 3.05) is 39.2 Å². The Kier molecular flexibility index (Phi) is 10.4. The second kappa shape index (κ2) is 10.9. The molecule has 0 aromatic rings. The predicted molar refractivity (Wildman–Crippen MR) is 76.4 cm³/mol. The highest BCUT2D eigenvalue weighted by Gasteiger charge is 2.03. The summed E-state index contributed by atoms with van der Waals surface area (Å²) in [6, 6.07) is 0. The van der Waals surface area contributed by atoms with E-state index < -0.39 is 0 Å². The molecule has 0 aliphatic heterocycles. The van der Waals surface area contributed by atoms with Gasteiger partial charge in [-0.15, -0.1) is 6.58 Å². The third-order valence-electron chi connectivity index (χ3n) is 2.28.